The summed E-state index contributed by atoms with van der Waals surface area (Å²) in [5.74, 6) is 18.1. The summed E-state index contributed by atoms with van der Waals surface area (Å²) in [6.07, 6.45) is 4.98. The second-order valence-corrected chi connectivity index (χ2v) is 19.3. The monoisotopic (exact) mass is 1040 g/mol. The molecule has 0 aliphatic heterocycles. The van der Waals surface area contributed by atoms with Crippen LogP contribution < -0.4 is 137 Å². The molecule has 0 atom stereocenters. The minimum atomic E-state index is -4.54. The Kier molecular flexibility index (Phi) is 31.1. The van der Waals surface area contributed by atoms with Gasteiger partial charge in [-0.3, -0.25) is 0 Å². The maximum Gasteiger partial charge on any atom is 1.00 e. The second kappa shape index (κ2) is 32.1. The molecule has 25 heteroatoms. The second-order valence-electron chi connectivity index (χ2n) is 13.2. The number of nitrogens with zero attached hydrogens (tertiary/aromatic N) is 1. The van der Waals surface area contributed by atoms with Gasteiger partial charge in [-0.2, -0.15) is 0 Å². The van der Waals surface area contributed by atoms with Crippen molar-refractivity contribution in [1.29, 1.82) is 0 Å². The van der Waals surface area contributed by atoms with Gasteiger partial charge < -0.3 is 37.2 Å². The fourth-order valence-electron chi connectivity index (χ4n) is 5.12. The van der Waals surface area contributed by atoms with Crippen molar-refractivity contribution in [1.82, 2.24) is 4.98 Å². The van der Waals surface area contributed by atoms with Gasteiger partial charge in [0.2, 0.25) is 0 Å². The van der Waals surface area contributed by atoms with E-state index >= 15 is 0 Å². The van der Waals surface area contributed by atoms with Crippen LogP contribution in [0.3, 0.4) is 0 Å². The first-order valence-electron chi connectivity index (χ1n) is 18.8. The van der Waals surface area contributed by atoms with E-state index in [0.717, 1.165) is 0 Å². The number of hydrogen-bond donors (Lipinski definition) is 0. The Morgan fingerprint density at radius 3 is 1.22 bits per heavy atom. The molecule has 4 rings (SSSR count). The van der Waals surface area contributed by atoms with Crippen molar-refractivity contribution < 1.29 is 189 Å². The zero-order valence-corrected chi connectivity index (χ0v) is 48.9. The summed E-state index contributed by atoms with van der Waals surface area (Å²) in [6.45, 7) is -0.656. The van der Waals surface area contributed by atoms with Crippen molar-refractivity contribution >= 4 is 40.5 Å². The van der Waals surface area contributed by atoms with Gasteiger partial charge in [0.25, 0.3) is 0 Å². The van der Waals surface area contributed by atoms with Crippen molar-refractivity contribution in [3.05, 3.63) is 112 Å². The van der Waals surface area contributed by atoms with Crippen LogP contribution in [0.4, 0.5) is 0 Å². The number of pyridine rings is 1. The molecule has 68 heavy (non-hydrogen) atoms. The van der Waals surface area contributed by atoms with Crippen molar-refractivity contribution in [2.45, 2.75) is 25.7 Å². The van der Waals surface area contributed by atoms with Crippen LogP contribution in [0.5, 0.6) is 23.0 Å². The predicted octanol–water partition coefficient (Wildman–Crippen LogP) is -9.47. The van der Waals surface area contributed by atoms with Crippen LogP contribution in [0, 0.1) is 47.9 Å². The van der Waals surface area contributed by atoms with Gasteiger partial charge >= 0.3 is 118 Å². The molecule has 0 saturated heterocycles. The first-order valence-corrected chi connectivity index (χ1v) is 25.1. The number of rotatable bonds is 20. The molecule has 1 aromatic heterocycles. The molecule has 0 bridgehead atoms. The number of benzene rings is 3. The predicted molar refractivity (Wildman–Crippen MR) is 228 cm³/mol. The van der Waals surface area contributed by atoms with E-state index in [1.807, 2.05) is 0 Å². The van der Waals surface area contributed by atoms with Gasteiger partial charge in [-0.1, -0.05) is 35.7 Å². The molecule has 0 aliphatic carbocycles. The van der Waals surface area contributed by atoms with Crippen molar-refractivity contribution in [3.8, 4) is 70.9 Å². The van der Waals surface area contributed by atoms with Gasteiger partial charge in [-0.15, -0.1) is 6.42 Å². The summed E-state index contributed by atoms with van der Waals surface area (Å²) in [5, 5.41) is 0. The first kappa shape index (κ1) is 65.9. The third kappa shape index (κ3) is 27.5. The molecule has 338 valence electrons. The molecule has 0 radical (unpaired) electrons. The SMILES string of the molecule is C#Cc1ccc(C#Cc2cc(OCCCS(=O)(=O)[O-])c(C#Cc3cccc(C#Cc4cc(OCCCS(=O)(=O)[O-])ccc4OCCCS(=O)(=O)[O-])n3)cc2OCCCS(=O)(=O)[O-])cc1.[Na+].[Na+].[Na+].[Na+]. The molecular formula is C43H37NNa4O16S4. The summed E-state index contributed by atoms with van der Waals surface area (Å²) < 4.78 is 156. The molecule has 4 aromatic rings. The summed E-state index contributed by atoms with van der Waals surface area (Å²) >= 11 is 0. The van der Waals surface area contributed by atoms with Crippen molar-refractivity contribution in [2.75, 3.05) is 49.4 Å². The Hall–Kier alpha value is -2.11. The fourth-order valence-corrected chi connectivity index (χ4v) is 7.01. The van der Waals surface area contributed by atoms with Crippen LogP contribution in [0.2, 0.25) is 0 Å². The van der Waals surface area contributed by atoms with Crippen LogP contribution in [-0.2, 0) is 40.5 Å². The Morgan fingerprint density at radius 2 is 0.809 bits per heavy atom. The van der Waals surface area contributed by atoms with E-state index in [1.54, 1.807) is 42.5 Å². The molecule has 1 heterocycles. The van der Waals surface area contributed by atoms with Gasteiger partial charge in [0, 0.05) is 46.3 Å². The summed E-state index contributed by atoms with van der Waals surface area (Å²) in [4.78, 5) is 4.47. The van der Waals surface area contributed by atoms with E-state index < -0.39 is 63.5 Å². The van der Waals surface area contributed by atoms with E-state index in [4.69, 9.17) is 25.4 Å². The van der Waals surface area contributed by atoms with Gasteiger partial charge in [0.05, 0.1) is 83.6 Å². The Balaban J connectivity index is 0.0000112. The van der Waals surface area contributed by atoms with Crippen LogP contribution >= 0.6 is 0 Å². The van der Waals surface area contributed by atoms with E-state index in [0.29, 0.717) is 11.1 Å². The summed E-state index contributed by atoms with van der Waals surface area (Å²) in [5.41, 5.74) is 2.32. The Morgan fingerprint density at radius 1 is 0.441 bits per heavy atom. The molecule has 0 spiro atoms. The van der Waals surface area contributed by atoms with Crippen molar-refractivity contribution in [3.63, 3.8) is 0 Å². The maximum atomic E-state index is 11.2. The molecule has 17 nitrogen and oxygen atoms in total. The number of hydrogen-bond acceptors (Lipinski definition) is 17. The van der Waals surface area contributed by atoms with E-state index in [1.165, 1.54) is 30.3 Å². The normalized spacial score (nSPS) is 10.7. The van der Waals surface area contributed by atoms with Gasteiger partial charge in [0.15, 0.2) is 0 Å². The van der Waals surface area contributed by atoms with Gasteiger partial charge in [-0.05, 0) is 92.1 Å². The molecule has 0 amide bonds. The Labute approximate surface area is 486 Å². The molecule has 0 aliphatic rings. The first-order chi connectivity index (χ1) is 30.1. The molecule has 0 fully saturated rings. The van der Waals surface area contributed by atoms with Crippen LogP contribution in [0.1, 0.15) is 64.9 Å². The minimum absolute atomic E-state index is 0. The summed E-state index contributed by atoms with van der Waals surface area (Å²) in [7, 11) is -18.0. The van der Waals surface area contributed by atoms with E-state index in [9.17, 15) is 51.9 Å². The maximum absolute atomic E-state index is 11.2. The number of aromatic nitrogens is 1. The van der Waals surface area contributed by atoms with Crippen LogP contribution in [0.15, 0.2) is 72.8 Å². The van der Waals surface area contributed by atoms with Crippen LogP contribution in [0.25, 0.3) is 0 Å². The zero-order chi connectivity index (χ0) is 46.8. The van der Waals surface area contributed by atoms with Crippen LogP contribution in [-0.4, -0.2) is 106 Å². The molecule has 0 unspecified atom stereocenters. The molecule has 0 saturated carbocycles. The quantitative estimate of drug-likeness (QED) is 0.0344. The largest absolute Gasteiger partial charge is 1.00 e. The Bertz CT molecular complexity index is 3010. The number of terminal acetylenes is 1. The van der Waals surface area contributed by atoms with Gasteiger partial charge in [0.1, 0.15) is 34.4 Å². The average molecular weight is 1040 g/mol. The van der Waals surface area contributed by atoms with Crippen molar-refractivity contribution in [2.24, 2.45) is 0 Å². The fraction of sp³-hybridized carbons (Fsp3) is 0.279. The third-order valence-electron chi connectivity index (χ3n) is 8.02. The summed E-state index contributed by atoms with van der Waals surface area (Å²) in [6, 6.07) is 18.9. The minimum Gasteiger partial charge on any atom is -0.748 e. The standard InChI is InChI=1S/C43H41NO16S4.4Na/c1-2-33-10-12-34(13-11-33)14-15-36-31-43(60-25-7-29-64(54,55)56)37(32-42(36)59-24-6-28-63(51,52)53)17-19-39-9-3-8-38(44-39)18-16-35-30-40(57-22-4-26-61(45,46)47)20-21-41(35)58-23-5-27-62(48,49)50;;;;/h1,3,8-13,20-21,30-32H,4-7,22-29H2,(H,45,46,47)(H,48,49,50)(H,51,52,53)(H,54,55,56);;;;/q;4*+1/p-4. The molecule has 3 aromatic carbocycles. The smallest absolute Gasteiger partial charge is 0.748 e. The average Bonchev–Trinajstić information content (AvgIpc) is 3.21. The molecular weight excluding hydrogens is 1010 g/mol. The third-order valence-corrected chi connectivity index (χ3v) is 11.2. The van der Waals surface area contributed by atoms with Gasteiger partial charge in [-0.25, -0.2) is 38.7 Å². The topological polar surface area (TPSA) is 279 Å². The van der Waals surface area contributed by atoms with E-state index in [2.05, 4.69) is 46.4 Å². The van der Waals surface area contributed by atoms with E-state index in [-0.39, 0.29) is 221 Å². The zero-order valence-electron chi connectivity index (χ0n) is 37.6. The number of ether oxygens (including phenoxy) is 4. The molecule has 0 N–H and O–H groups in total.